The fourth-order valence-electron chi connectivity index (χ4n) is 3.78. The number of guanidine groups is 1. The second-order valence-corrected chi connectivity index (χ2v) is 8.97. The quantitative estimate of drug-likeness (QED) is 0.567. The molecule has 1 unspecified atom stereocenters. The first-order valence-electron chi connectivity index (χ1n) is 11.1. The van der Waals surface area contributed by atoms with Crippen LogP contribution >= 0.6 is 0 Å². The minimum absolute atomic E-state index is 0.0603. The van der Waals surface area contributed by atoms with Gasteiger partial charge in [-0.15, -0.1) is 0 Å². The van der Waals surface area contributed by atoms with Crippen LogP contribution in [-0.4, -0.2) is 66.3 Å². The van der Waals surface area contributed by atoms with E-state index in [1.54, 1.807) is 0 Å². The lowest BCUT2D eigenvalue weighted by Crippen LogP contribution is -2.44. The van der Waals surface area contributed by atoms with Gasteiger partial charge in [0.2, 0.25) is 0 Å². The van der Waals surface area contributed by atoms with E-state index >= 15 is 0 Å². The standard InChI is InChI=1S/C22H36N6O2/c1-5-23-20(28-13-10-18(16-28)26-21(29)30-22(2,3)4)25-15-17-8-9-19(24-14-17)27-11-6-7-12-27/h8-9,14,18H,5-7,10-13,15-16H2,1-4H3,(H,23,25)(H,26,29). The minimum atomic E-state index is -0.489. The highest BCUT2D eigenvalue weighted by Gasteiger charge is 2.27. The monoisotopic (exact) mass is 416 g/mol. The number of likely N-dealkylation sites (tertiary alicyclic amines) is 1. The van der Waals surface area contributed by atoms with E-state index in [2.05, 4.69) is 44.5 Å². The molecule has 0 spiro atoms. The van der Waals surface area contributed by atoms with Crippen molar-refractivity contribution < 1.29 is 9.53 Å². The second kappa shape index (κ2) is 10.00. The second-order valence-electron chi connectivity index (χ2n) is 8.97. The van der Waals surface area contributed by atoms with Crippen molar-refractivity contribution in [2.45, 2.75) is 65.1 Å². The fourth-order valence-corrected chi connectivity index (χ4v) is 3.78. The van der Waals surface area contributed by atoms with Gasteiger partial charge in [-0.3, -0.25) is 0 Å². The highest BCUT2D eigenvalue weighted by atomic mass is 16.6. The molecule has 0 saturated carbocycles. The first-order chi connectivity index (χ1) is 14.3. The molecule has 3 heterocycles. The molecule has 0 radical (unpaired) electrons. The number of ether oxygens (including phenoxy) is 1. The molecule has 2 fully saturated rings. The summed E-state index contributed by atoms with van der Waals surface area (Å²) in [5, 5.41) is 6.34. The number of pyridine rings is 1. The van der Waals surface area contributed by atoms with Crippen LogP contribution in [0.25, 0.3) is 0 Å². The first-order valence-corrected chi connectivity index (χ1v) is 11.1. The molecule has 0 aromatic carbocycles. The van der Waals surface area contributed by atoms with Gasteiger partial charge >= 0.3 is 6.09 Å². The zero-order valence-corrected chi connectivity index (χ0v) is 18.8. The van der Waals surface area contributed by atoms with E-state index in [4.69, 9.17) is 9.73 Å². The van der Waals surface area contributed by atoms with E-state index in [1.807, 2.05) is 27.0 Å². The topological polar surface area (TPSA) is 82.1 Å². The van der Waals surface area contributed by atoms with Crippen LogP contribution in [0.5, 0.6) is 0 Å². The number of aliphatic imine (C=N–C) groups is 1. The van der Waals surface area contributed by atoms with Crippen molar-refractivity contribution >= 4 is 17.9 Å². The average molecular weight is 417 g/mol. The third-order valence-corrected chi connectivity index (χ3v) is 5.19. The van der Waals surface area contributed by atoms with Crippen molar-refractivity contribution in [2.24, 2.45) is 4.99 Å². The number of nitrogens with one attached hydrogen (secondary N) is 2. The summed E-state index contributed by atoms with van der Waals surface area (Å²) < 4.78 is 5.37. The lowest BCUT2D eigenvalue weighted by atomic mass is 10.2. The summed E-state index contributed by atoms with van der Waals surface area (Å²) in [5.41, 5.74) is 0.605. The number of aromatic nitrogens is 1. The molecule has 2 saturated heterocycles. The van der Waals surface area contributed by atoms with Crippen LogP contribution in [0.4, 0.5) is 10.6 Å². The summed E-state index contributed by atoms with van der Waals surface area (Å²) in [6, 6.07) is 4.27. The Morgan fingerprint density at radius 1 is 1.27 bits per heavy atom. The molecule has 166 valence electrons. The highest BCUT2D eigenvalue weighted by molar-refractivity contribution is 5.80. The maximum atomic E-state index is 12.0. The Labute approximate surface area is 180 Å². The van der Waals surface area contributed by atoms with Gasteiger partial charge in [0.05, 0.1) is 12.6 Å². The van der Waals surface area contributed by atoms with E-state index < -0.39 is 5.60 Å². The predicted molar refractivity (Wildman–Crippen MR) is 120 cm³/mol. The van der Waals surface area contributed by atoms with E-state index in [-0.39, 0.29) is 12.1 Å². The van der Waals surface area contributed by atoms with Gasteiger partial charge in [0, 0.05) is 38.9 Å². The lowest BCUT2D eigenvalue weighted by Gasteiger charge is -2.23. The molecule has 8 heteroatoms. The molecule has 3 rings (SSSR count). The van der Waals surface area contributed by atoms with Crippen molar-refractivity contribution in [3.8, 4) is 0 Å². The third kappa shape index (κ3) is 6.50. The molecule has 0 aliphatic carbocycles. The molecule has 1 atom stereocenters. The SMILES string of the molecule is CCNC(=NCc1ccc(N2CCCC2)nc1)N1CCC(NC(=O)OC(C)(C)C)C1. The van der Waals surface area contributed by atoms with E-state index in [0.717, 1.165) is 56.5 Å². The summed E-state index contributed by atoms with van der Waals surface area (Å²) in [6.07, 6.45) is 4.94. The number of anilines is 1. The first kappa shape index (κ1) is 22.2. The van der Waals surface area contributed by atoms with Crippen LogP contribution in [0.3, 0.4) is 0 Å². The van der Waals surface area contributed by atoms with E-state index in [0.29, 0.717) is 6.54 Å². The minimum Gasteiger partial charge on any atom is -0.444 e. The Bertz CT molecular complexity index is 722. The van der Waals surface area contributed by atoms with Crippen molar-refractivity contribution in [3.63, 3.8) is 0 Å². The van der Waals surface area contributed by atoms with E-state index in [9.17, 15) is 4.79 Å². The Hall–Kier alpha value is -2.51. The maximum absolute atomic E-state index is 12.0. The normalized spacial score (nSPS) is 19.9. The number of hydrogen-bond acceptors (Lipinski definition) is 5. The van der Waals surface area contributed by atoms with Crippen molar-refractivity contribution in [3.05, 3.63) is 23.9 Å². The van der Waals surface area contributed by atoms with Gasteiger partial charge in [-0.2, -0.15) is 0 Å². The summed E-state index contributed by atoms with van der Waals surface area (Å²) in [5.74, 6) is 1.93. The molecular weight excluding hydrogens is 380 g/mol. The molecule has 2 N–H and O–H groups in total. The van der Waals surface area contributed by atoms with Gasteiger partial charge in [-0.25, -0.2) is 14.8 Å². The highest BCUT2D eigenvalue weighted by Crippen LogP contribution is 2.18. The molecule has 2 aliphatic heterocycles. The van der Waals surface area contributed by atoms with Gasteiger partial charge in [-0.05, 0) is 58.6 Å². The van der Waals surface area contributed by atoms with Crippen LogP contribution in [0.2, 0.25) is 0 Å². The molecule has 1 aromatic rings. The Kier molecular flexibility index (Phi) is 7.39. The Balaban J connectivity index is 1.54. The summed E-state index contributed by atoms with van der Waals surface area (Å²) in [4.78, 5) is 26.0. The van der Waals surface area contributed by atoms with Crippen molar-refractivity contribution in [1.82, 2.24) is 20.5 Å². The summed E-state index contributed by atoms with van der Waals surface area (Å²) >= 11 is 0. The van der Waals surface area contributed by atoms with Crippen molar-refractivity contribution in [1.29, 1.82) is 0 Å². The summed E-state index contributed by atoms with van der Waals surface area (Å²) in [7, 11) is 0. The summed E-state index contributed by atoms with van der Waals surface area (Å²) in [6.45, 7) is 12.8. The van der Waals surface area contributed by atoms with Gasteiger partial charge in [0.15, 0.2) is 5.96 Å². The van der Waals surface area contributed by atoms with Gasteiger partial charge < -0.3 is 25.2 Å². The fraction of sp³-hybridized carbons (Fsp3) is 0.682. The maximum Gasteiger partial charge on any atom is 0.407 e. The molecule has 0 bridgehead atoms. The van der Waals surface area contributed by atoms with Crippen LogP contribution in [0.15, 0.2) is 23.3 Å². The zero-order valence-electron chi connectivity index (χ0n) is 18.8. The van der Waals surface area contributed by atoms with Gasteiger partial charge in [0.1, 0.15) is 11.4 Å². The largest absolute Gasteiger partial charge is 0.444 e. The number of amides is 1. The number of nitrogens with zero attached hydrogens (tertiary/aromatic N) is 4. The molecule has 2 aliphatic rings. The van der Waals surface area contributed by atoms with Crippen LogP contribution in [-0.2, 0) is 11.3 Å². The predicted octanol–water partition coefficient (Wildman–Crippen LogP) is 2.75. The Morgan fingerprint density at radius 2 is 2.03 bits per heavy atom. The molecule has 1 aromatic heterocycles. The van der Waals surface area contributed by atoms with Gasteiger partial charge in [0.25, 0.3) is 0 Å². The number of rotatable bonds is 5. The van der Waals surface area contributed by atoms with Crippen LogP contribution in [0, 0.1) is 0 Å². The average Bonchev–Trinajstić information content (AvgIpc) is 3.36. The molecule has 30 heavy (non-hydrogen) atoms. The van der Waals surface area contributed by atoms with Gasteiger partial charge in [-0.1, -0.05) is 6.07 Å². The van der Waals surface area contributed by atoms with Crippen LogP contribution < -0.4 is 15.5 Å². The number of carbonyl (C=O) groups is 1. The zero-order chi connectivity index (χ0) is 21.6. The lowest BCUT2D eigenvalue weighted by molar-refractivity contribution is 0.0507. The van der Waals surface area contributed by atoms with Crippen LogP contribution in [0.1, 0.15) is 52.5 Å². The number of alkyl carbamates (subject to hydrolysis) is 1. The number of carbonyl (C=O) groups excluding carboxylic acids is 1. The smallest absolute Gasteiger partial charge is 0.407 e. The van der Waals surface area contributed by atoms with Crippen molar-refractivity contribution in [2.75, 3.05) is 37.6 Å². The van der Waals surface area contributed by atoms with E-state index in [1.165, 1.54) is 12.8 Å². The number of hydrogen-bond donors (Lipinski definition) is 2. The molecular formula is C22H36N6O2. The Morgan fingerprint density at radius 3 is 2.67 bits per heavy atom. The molecule has 1 amide bonds. The molecule has 8 nitrogen and oxygen atoms in total. The third-order valence-electron chi connectivity index (χ3n) is 5.19.